The molecule has 2 atom stereocenters. The van der Waals surface area contributed by atoms with Gasteiger partial charge in [0.15, 0.2) is 4.21 Å². The fourth-order valence-corrected chi connectivity index (χ4v) is 4.59. The number of aromatic nitrogens is 1. The van der Waals surface area contributed by atoms with Crippen molar-refractivity contribution in [1.29, 1.82) is 0 Å². The van der Waals surface area contributed by atoms with E-state index in [2.05, 4.69) is 9.71 Å². The predicted molar refractivity (Wildman–Crippen MR) is 70.3 cm³/mol. The van der Waals surface area contributed by atoms with Gasteiger partial charge in [0.05, 0.1) is 19.3 Å². The second-order valence-electron chi connectivity index (χ2n) is 4.84. The van der Waals surface area contributed by atoms with Gasteiger partial charge in [-0.1, -0.05) is 11.3 Å². The zero-order valence-corrected chi connectivity index (χ0v) is 12.4. The number of carboxylic acids is 1. The van der Waals surface area contributed by atoms with E-state index in [1.54, 1.807) is 0 Å². The highest BCUT2D eigenvalue weighted by atomic mass is 32.2. The van der Waals surface area contributed by atoms with E-state index in [9.17, 15) is 23.1 Å². The summed E-state index contributed by atoms with van der Waals surface area (Å²) in [5.74, 6) is -1.14. The highest BCUT2D eigenvalue weighted by molar-refractivity contribution is 7.91. The maximum Gasteiger partial charge on any atom is 0.313 e. The molecule has 0 amide bonds. The molecule has 112 valence electrons. The molecule has 1 aliphatic rings. The Kier molecular flexibility index (Phi) is 3.75. The fourth-order valence-electron chi connectivity index (χ4n) is 1.94. The average molecular weight is 322 g/mol. The van der Waals surface area contributed by atoms with Gasteiger partial charge in [-0.25, -0.2) is 13.1 Å². The smallest absolute Gasteiger partial charge is 0.313 e. The van der Waals surface area contributed by atoms with Gasteiger partial charge in [-0.15, -0.1) is 0 Å². The SMILES string of the molecule is Cc1[nH]c(=O)sc1S(=O)(=O)NC1COCC1(C)C(=O)O. The topological polar surface area (TPSA) is 126 Å². The van der Waals surface area contributed by atoms with E-state index >= 15 is 0 Å². The number of ether oxygens (including phenoxy) is 1. The highest BCUT2D eigenvalue weighted by Crippen LogP contribution is 2.30. The summed E-state index contributed by atoms with van der Waals surface area (Å²) in [5, 5.41) is 9.20. The van der Waals surface area contributed by atoms with Gasteiger partial charge in [-0.05, 0) is 13.8 Å². The summed E-state index contributed by atoms with van der Waals surface area (Å²) in [6, 6.07) is -0.887. The van der Waals surface area contributed by atoms with Gasteiger partial charge >= 0.3 is 10.8 Å². The van der Waals surface area contributed by atoms with Gasteiger partial charge in [-0.3, -0.25) is 9.59 Å². The van der Waals surface area contributed by atoms with Gasteiger partial charge in [0, 0.05) is 5.69 Å². The second kappa shape index (κ2) is 4.95. The van der Waals surface area contributed by atoms with Crippen LogP contribution in [0, 0.1) is 12.3 Å². The molecule has 2 heterocycles. The molecule has 0 bridgehead atoms. The summed E-state index contributed by atoms with van der Waals surface area (Å²) in [4.78, 5) is 24.3. The molecule has 1 fully saturated rings. The largest absolute Gasteiger partial charge is 0.481 e. The number of sulfonamides is 1. The summed E-state index contributed by atoms with van der Waals surface area (Å²) in [6.45, 7) is 2.79. The Morgan fingerprint density at radius 1 is 1.60 bits per heavy atom. The molecule has 2 rings (SSSR count). The van der Waals surface area contributed by atoms with Crippen LogP contribution in [0.3, 0.4) is 0 Å². The standard InChI is InChI=1S/C10H14N2O6S2/c1-5-7(19-9(15)11-5)20(16,17)12-6-3-18-4-10(6,2)8(13)14/h6,12H,3-4H2,1-2H3,(H,11,15)(H,13,14). The fraction of sp³-hybridized carbons (Fsp3) is 0.600. The van der Waals surface area contributed by atoms with Gasteiger partial charge in [0.25, 0.3) is 10.0 Å². The summed E-state index contributed by atoms with van der Waals surface area (Å²) in [7, 11) is -3.96. The summed E-state index contributed by atoms with van der Waals surface area (Å²) in [6.07, 6.45) is 0. The lowest BCUT2D eigenvalue weighted by Crippen LogP contribution is -2.49. The number of thiazole rings is 1. The third kappa shape index (κ3) is 2.51. The van der Waals surface area contributed by atoms with Crippen LogP contribution in [0.5, 0.6) is 0 Å². The quantitative estimate of drug-likeness (QED) is 0.687. The van der Waals surface area contributed by atoms with E-state index in [1.807, 2.05) is 0 Å². The van der Waals surface area contributed by atoms with Crippen LogP contribution in [-0.4, -0.2) is 43.7 Å². The van der Waals surface area contributed by atoms with Crippen LogP contribution in [0.1, 0.15) is 12.6 Å². The van der Waals surface area contributed by atoms with Crippen molar-refractivity contribution in [1.82, 2.24) is 9.71 Å². The van der Waals surface area contributed by atoms with Gasteiger partial charge in [0.2, 0.25) is 0 Å². The number of carboxylic acid groups (broad SMARTS) is 1. The van der Waals surface area contributed by atoms with Crippen LogP contribution in [0.4, 0.5) is 0 Å². The maximum atomic E-state index is 12.2. The summed E-state index contributed by atoms with van der Waals surface area (Å²) < 4.78 is 31.7. The van der Waals surface area contributed by atoms with Gasteiger partial charge < -0.3 is 14.8 Å². The molecule has 10 heteroatoms. The molecule has 3 N–H and O–H groups in total. The number of aryl methyl sites for hydroxylation is 1. The van der Waals surface area contributed by atoms with Crippen LogP contribution in [-0.2, 0) is 19.6 Å². The molecular formula is C10H14N2O6S2. The minimum Gasteiger partial charge on any atom is -0.481 e. The van der Waals surface area contributed by atoms with Crippen LogP contribution >= 0.6 is 11.3 Å². The van der Waals surface area contributed by atoms with Crippen molar-refractivity contribution in [2.75, 3.05) is 13.2 Å². The van der Waals surface area contributed by atoms with Crippen molar-refractivity contribution in [3.05, 3.63) is 15.4 Å². The molecule has 0 aliphatic carbocycles. The lowest BCUT2D eigenvalue weighted by atomic mass is 9.86. The lowest BCUT2D eigenvalue weighted by molar-refractivity contribution is -0.148. The van der Waals surface area contributed by atoms with Gasteiger partial charge in [-0.2, -0.15) is 0 Å². The number of aromatic amines is 1. The number of H-pyrrole nitrogens is 1. The zero-order chi connectivity index (χ0) is 15.1. The van der Waals surface area contributed by atoms with E-state index in [4.69, 9.17) is 4.74 Å². The monoisotopic (exact) mass is 322 g/mol. The minimum atomic E-state index is -3.96. The molecule has 0 spiro atoms. The molecule has 8 nitrogen and oxygen atoms in total. The Bertz CT molecular complexity index is 691. The maximum absolute atomic E-state index is 12.2. The van der Waals surface area contributed by atoms with Gasteiger partial charge in [0.1, 0.15) is 5.41 Å². The summed E-state index contributed by atoms with van der Waals surface area (Å²) in [5.41, 5.74) is -1.11. The Morgan fingerprint density at radius 2 is 2.25 bits per heavy atom. The number of rotatable bonds is 4. The molecule has 1 saturated heterocycles. The van der Waals surface area contributed by atoms with Crippen molar-refractivity contribution in [3.63, 3.8) is 0 Å². The van der Waals surface area contributed by atoms with E-state index in [-0.39, 0.29) is 23.1 Å². The van der Waals surface area contributed by atoms with Crippen molar-refractivity contribution >= 4 is 27.3 Å². The molecule has 1 aromatic rings. The van der Waals surface area contributed by atoms with Crippen molar-refractivity contribution in [3.8, 4) is 0 Å². The number of hydrogen-bond acceptors (Lipinski definition) is 6. The zero-order valence-electron chi connectivity index (χ0n) is 10.8. The molecule has 1 aliphatic heterocycles. The van der Waals surface area contributed by atoms with Crippen LogP contribution < -0.4 is 9.60 Å². The van der Waals surface area contributed by atoms with E-state index in [0.29, 0.717) is 11.3 Å². The average Bonchev–Trinajstić information content (AvgIpc) is 2.84. The van der Waals surface area contributed by atoms with Crippen LogP contribution in [0.2, 0.25) is 0 Å². The Hall–Kier alpha value is -1.23. The van der Waals surface area contributed by atoms with E-state index in [0.717, 1.165) is 0 Å². The highest BCUT2D eigenvalue weighted by Gasteiger charge is 2.48. The van der Waals surface area contributed by atoms with Crippen molar-refractivity contribution in [2.24, 2.45) is 5.41 Å². The first kappa shape index (κ1) is 15.2. The second-order valence-corrected chi connectivity index (χ2v) is 7.73. The molecular weight excluding hydrogens is 308 g/mol. The van der Waals surface area contributed by atoms with Crippen molar-refractivity contribution < 1.29 is 23.1 Å². The van der Waals surface area contributed by atoms with Crippen LogP contribution in [0.15, 0.2) is 9.00 Å². The third-order valence-corrected chi connectivity index (χ3v) is 6.34. The minimum absolute atomic E-state index is 0.0274. The summed E-state index contributed by atoms with van der Waals surface area (Å²) >= 11 is 0.563. The Labute approximate surface area is 118 Å². The first-order valence-corrected chi connectivity index (χ1v) is 8.00. The number of aliphatic carboxylic acids is 1. The lowest BCUT2D eigenvalue weighted by Gasteiger charge is -2.24. The van der Waals surface area contributed by atoms with E-state index < -0.39 is 32.3 Å². The number of carbonyl (C=O) groups is 1. The third-order valence-electron chi connectivity index (χ3n) is 3.27. The molecule has 1 aromatic heterocycles. The predicted octanol–water partition coefficient (Wildman–Crippen LogP) is -0.487. The molecule has 2 unspecified atom stereocenters. The molecule has 0 saturated carbocycles. The first-order valence-electron chi connectivity index (χ1n) is 5.70. The molecule has 0 radical (unpaired) electrons. The molecule has 20 heavy (non-hydrogen) atoms. The molecule has 0 aromatic carbocycles. The van der Waals surface area contributed by atoms with Crippen LogP contribution in [0.25, 0.3) is 0 Å². The number of hydrogen-bond donors (Lipinski definition) is 3. The normalized spacial score (nSPS) is 26.8. The van der Waals surface area contributed by atoms with Crippen molar-refractivity contribution in [2.45, 2.75) is 24.1 Å². The Morgan fingerprint density at radius 3 is 2.75 bits per heavy atom. The number of nitrogens with one attached hydrogen (secondary N) is 2. The first-order chi connectivity index (χ1) is 9.17. The van der Waals surface area contributed by atoms with E-state index in [1.165, 1.54) is 13.8 Å². The Balaban J connectivity index is 2.32.